The van der Waals surface area contributed by atoms with Gasteiger partial charge in [-0.1, -0.05) is 11.6 Å². The van der Waals surface area contributed by atoms with E-state index in [0.717, 1.165) is 48.9 Å². The molecule has 8 heteroatoms. The summed E-state index contributed by atoms with van der Waals surface area (Å²) in [6.45, 7) is 5.94. The molecule has 1 aliphatic rings. The Morgan fingerprint density at radius 3 is 2.90 bits per heavy atom. The van der Waals surface area contributed by atoms with E-state index < -0.39 is 0 Å². The monoisotopic (exact) mass is 415 g/mol. The minimum atomic E-state index is -0.0251. The summed E-state index contributed by atoms with van der Waals surface area (Å²) in [5, 5.41) is 12.7. The first-order chi connectivity index (χ1) is 14.1. The zero-order valence-corrected chi connectivity index (χ0v) is 17.5. The molecule has 1 aromatic carbocycles. The number of H-pyrrole nitrogens is 1. The fourth-order valence-corrected chi connectivity index (χ4v) is 3.68. The zero-order chi connectivity index (χ0) is 20.2. The molecule has 1 N–H and O–H groups in total. The molecule has 154 valence electrons. The number of nitrogens with one attached hydrogen (secondary N) is 1. The molecular weight excluding hydrogens is 390 g/mol. The van der Waals surface area contributed by atoms with E-state index in [1.807, 2.05) is 36.0 Å². The van der Waals surface area contributed by atoms with Gasteiger partial charge >= 0.3 is 0 Å². The standard InChI is InChI=1S/C21H26ClN5O2/c1-15-16(12-26(2)25-15)13-27-8-10-29-21(14-27)20-11-18(23-24-20)7-9-28-19-5-3-17(22)4-6-19/h3-6,11-12,21H,7-10,13-14H2,1-2H3,(H,23,24)/t21-/m0/s1. The van der Waals surface area contributed by atoms with Crippen LogP contribution < -0.4 is 4.74 Å². The number of aromatic nitrogens is 4. The van der Waals surface area contributed by atoms with Crippen molar-refractivity contribution >= 4 is 11.6 Å². The van der Waals surface area contributed by atoms with Gasteiger partial charge in [0.2, 0.25) is 0 Å². The van der Waals surface area contributed by atoms with Crippen LogP contribution in [0, 0.1) is 6.92 Å². The maximum atomic E-state index is 5.98. The third kappa shape index (κ3) is 5.18. The number of morpholine rings is 1. The average molecular weight is 416 g/mol. The predicted octanol–water partition coefficient (Wildman–Crippen LogP) is 3.30. The molecule has 1 atom stereocenters. The van der Waals surface area contributed by atoms with E-state index in [-0.39, 0.29) is 6.10 Å². The van der Waals surface area contributed by atoms with E-state index >= 15 is 0 Å². The van der Waals surface area contributed by atoms with Crippen LogP contribution in [0.25, 0.3) is 0 Å². The maximum absolute atomic E-state index is 5.98. The SMILES string of the molecule is Cc1nn(C)cc1CN1CCO[C@H](c2cc(CCOc3ccc(Cl)cc3)[nH]n2)C1. The Labute approximate surface area is 175 Å². The van der Waals surface area contributed by atoms with Crippen LogP contribution in [0.4, 0.5) is 0 Å². The molecule has 4 rings (SSSR count). The fraction of sp³-hybridized carbons (Fsp3) is 0.429. The average Bonchev–Trinajstić information content (AvgIpc) is 3.30. The second kappa shape index (κ2) is 8.98. The Morgan fingerprint density at radius 2 is 2.14 bits per heavy atom. The Balaban J connectivity index is 1.30. The van der Waals surface area contributed by atoms with Gasteiger partial charge in [0.1, 0.15) is 11.9 Å². The highest BCUT2D eigenvalue weighted by molar-refractivity contribution is 6.30. The number of benzene rings is 1. The number of nitrogens with zero attached hydrogens (tertiary/aromatic N) is 4. The highest BCUT2D eigenvalue weighted by Gasteiger charge is 2.25. The van der Waals surface area contributed by atoms with Crippen LogP contribution in [0.15, 0.2) is 36.5 Å². The lowest BCUT2D eigenvalue weighted by molar-refractivity contribution is -0.0350. The summed E-state index contributed by atoms with van der Waals surface area (Å²) in [4.78, 5) is 2.40. The quantitative estimate of drug-likeness (QED) is 0.641. The second-order valence-corrected chi connectivity index (χ2v) is 7.81. The van der Waals surface area contributed by atoms with E-state index in [1.54, 1.807) is 0 Å². The molecule has 3 heterocycles. The van der Waals surface area contributed by atoms with Gasteiger partial charge in [-0.15, -0.1) is 0 Å². The third-order valence-corrected chi connectivity index (χ3v) is 5.35. The van der Waals surface area contributed by atoms with Gasteiger partial charge in [-0.25, -0.2) is 0 Å². The van der Waals surface area contributed by atoms with Crippen LogP contribution in [0.3, 0.4) is 0 Å². The molecule has 0 saturated carbocycles. The Morgan fingerprint density at radius 1 is 1.31 bits per heavy atom. The van der Waals surface area contributed by atoms with Crippen LogP contribution >= 0.6 is 11.6 Å². The molecule has 29 heavy (non-hydrogen) atoms. The van der Waals surface area contributed by atoms with Gasteiger partial charge in [-0.2, -0.15) is 10.2 Å². The molecule has 1 aliphatic heterocycles. The number of halogens is 1. The van der Waals surface area contributed by atoms with Crippen LogP contribution in [0.1, 0.15) is 28.7 Å². The number of aromatic amines is 1. The Hall–Kier alpha value is -2.35. The topological polar surface area (TPSA) is 68.2 Å². The summed E-state index contributed by atoms with van der Waals surface area (Å²) in [7, 11) is 1.96. The van der Waals surface area contributed by atoms with Gasteiger partial charge in [0.05, 0.1) is 24.6 Å². The van der Waals surface area contributed by atoms with Crippen LogP contribution in [0.5, 0.6) is 5.75 Å². The van der Waals surface area contributed by atoms with Crippen molar-refractivity contribution in [1.82, 2.24) is 24.9 Å². The lowest BCUT2D eigenvalue weighted by Crippen LogP contribution is -2.38. The third-order valence-electron chi connectivity index (χ3n) is 5.09. The van der Waals surface area contributed by atoms with E-state index in [9.17, 15) is 0 Å². The molecule has 0 bridgehead atoms. The first-order valence-electron chi connectivity index (χ1n) is 9.82. The van der Waals surface area contributed by atoms with E-state index in [0.29, 0.717) is 18.2 Å². The van der Waals surface area contributed by atoms with Crippen molar-refractivity contribution in [3.63, 3.8) is 0 Å². The van der Waals surface area contributed by atoms with E-state index in [1.165, 1.54) is 5.56 Å². The molecule has 2 aromatic heterocycles. The lowest BCUT2D eigenvalue weighted by atomic mass is 10.1. The number of hydrogen-bond acceptors (Lipinski definition) is 5. The molecule has 0 spiro atoms. The molecule has 3 aromatic rings. The van der Waals surface area contributed by atoms with Gasteiger partial charge < -0.3 is 9.47 Å². The fourth-order valence-electron chi connectivity index (χ4n) is 3.55. The maximum Gasteiger partial charge on any atom is 0.119 e. The molecule has 1 saturated heterocycles. The summed E-state index contributed by atoms with van der Waals surface area (Å²) in [5.74, 6) is 0.811. The first kappa shape index (κ1) is 19.9. The van der Waals surface area contributed by atoms with Gasteiger partial charge in [0.25, 0.3) is 0 Å². The first-order valence-corrected chi connectivity index (χ1v) is 10.2. The molecule has 0 radical (unpaired) electrons. The van der Waals surface area contributed by atoms with E-state index in [2.05, 4.69) is 39.4 Å². The highest BCUT2D eigenvalue weighted by atomic mass is 35.5. The van der Waals surface area contributed by atoms with Crippen molar-refractivity contribution in [3.8, 4) is 5.75 Å². The largest absolute Gasteiger partial charge is 0.493 e. The van der Waals surface area contributed by atoms with Crippen molar-refractivity contribution in [2.45, 2.75) is 26.0 Å². The highest BCUT2D eigenvalue weighted by Crippen LogP contribution is 2.23. The molecule has 1 fully saturated rings. The lowest BCUT2D eigenvalue weighted by Gasteiger charge is -2.31. The molecule has 0 unspecified atom stereocenters. The normalized spacial score (nSPS) is 17.6. The number of ether oxygens (including phenoxy) is 2. The number of rotatable bonds is 7. The van der Waals surface area contributed by atoms with Crippen LogP contribution in [-0.4, -0.2) is 51.2 Å². The number of hydrogen-bond donors (Lipinski definition) is 1. The zero-order valence-electron chi connectivity index (χ0n) is 16.8. The summed E-state index contributed by atoms with van der Waals surface area (Å²) in [6, 6.07) is 9.47. The van der Waals surface area contributed by atoms with Gasteiger partial charge in [-0.3, -0.25) is 14.7 Å². The van der Waals surface area contributed by atoms with Crippen LogP contribution in [0.2, 0.25) is 5.02 Å². The smallest absolute Gasteiger partial charge is 0.119 e. The van der Waals surface area contributed by atoms with Crippen molar-refractivity contribution in [2.24, 2.45) is 7.05 Å². The van der Waals surface area contributed by atoms with Crippen molar-refractivity contribution in [2.75, 3.05) is 26.3 Å². The van der Waals surface area contributed by atoms with Crippen LogP contribution in [-0.2, 0) is 24.8 Å². The molecule has 0 amide bonds. The Bertz CT molecular complexity index is 937. The van der Waals surface area contributed by atoms with Gasteiger partial charge in [-0.05, 0) is 37.3 Å². The minimum absolute atomic E-state index is 0.0251. The second-order valence-electron chi connectivity index (χ2n) is 7.38. The summed E-state index contributed by atoms with van der Waals surface area (Å²) in [6.07, 6.45) is 2.82. The van der Waals surface area contributed by atoms with Crippen molar-refractivity contribution in [3.05, 3.63) is 64.2 Å². The van der Waals surface area contributed by atoms with Gasteiger partial charge in [0.15, 0.2) is 0 Å². The molecule has 7 nitrogen and oxygen atoms in total. The van der Waals surface area contributed by atoms with E-state index in [4.69, 9.17) is 21.1 Å². The van der Waals surface area contributed by atoms with Crippen molar-refractivity contribution < 1.29 is 9.47 Å². The van der Waals surface area contributed by atoms with Gasteiger partial charge in [0, 0.05) is 55.6 Å². The molecular formula is C21H26ClN5O2. The summed E-state index contributed by atoms with van der Waals surface area (Å²) < 4.78 is 13.6. The summed E-state index contributed by atoms with van der Waals surface area (Å²) in [5.41, 5.74) is 4.32. The minimum Gasteiger partial charge on any atom is -0.493 e. The predicted molar refractivity (Wildman–Crippen MR) is 111 cm³/mol. The Kier molecular flexibility index (Phi) is 6.18. The molecule has 0 aliphatic carbocycles. The van der Waals surface area contributed by atoms with Crippen molar-refractivity contribution in [1.29, 1.82) is 0 Å². The summed E-state index contributed by atoms with van der Waals surface area (Å²) >= 11 is 5.89. The number of aryl methyl sites for hydroxylation is 2.